The minimum atomic E-state index is -5.85. The van der Waals surface area contributed by atoms with Gasteiger partial charge in [-0.1, -0.05) is 17.3 Å². The summed E-state index contributed by atoms with van der Waals surface area (Å²) >= 11 is 4.75. The van der Waals surface area contributed by atoms with Gasteiger partial charge in [-0.05, 0) is 11.6 Å². The number of ether oxygens (including phenoxy) is 1. The van der Waals surface area contributed by atoms with E-state index in [0.29, 0.717) is 4.57 Å². The Kier molecular flexibility index (Phi) is 8.01. The molecule has 19 nitrogen and oxygen atoms in total. The van der Waals surface area contributed by atoms with Crippen LogP contribution in [0.15, 0.2) is 22.2 Å². The normalized spacial score (nSPS) is 29.6. The smallest absolute Gasteiger partial charge is 0.387 e. The van der Waals surface area contributed by atoms with Crippen molar-refractivity contribution in [3.05, 3.63) is 37.8 Å². The van der Waals surface area contributed by atoms with Crippen molar-refractivity contribution in [1.82, 2.24) is 9.55 Å². The molecular formula is C9H14N5O14P3S. The van der Waals surface area contributed by atoms with E-state index >= 15 is 0 Å². The van der Waals surface area contributed by atoms with Crippen LogP contribution < -0.4 is 5.69 Å². The van der Waals surface area contributed by atoms with E-state index in [0.717, 1.165) is 6.20 Å². The van der Waals surface area contributed by atoms with Crippen LogP contribution in [0.4, 0.5) is 0 Å². The Balaban J connectivity index is 2.28. The Morgan fingerprint density at radius 1 is 1.25 bits per heavy atom. The number of nitrogens with one attached hydrogen (secondary N) is 1. The molecule has 1 saturated heterocycles. The van der Waals surface area contributed by atoms with Crippen molar-refractivity contribution in [2.24, 2.45) is 5.11 Å². The first-order chi connectivity index (χ1) is 14.5. The van der Waals surface area contributed by atoms with E-state index < -0.39 is 59.9 Å². The fraction of sp³-hybridized carbons (Fsp3) is 0.556. The van der Waals surface area contributed by atoms with Crippen LogP contribution in [0.2, 0.25) is 0 Å². The van der Waals surface area contributed by atoms with Crippen LogP contribution in [-0.4, -0.2) is 63.9 Å². The summed E-state index contributed by atoms with van der Waals surface area (Å²) in [7, 11) is -17.2. The SMILES string of the molecule is [N-]=[N+]=N[C@]1(COP(=O)(O)OP(=O)(O)OP(=O)(O)O)O[C@@H](n2ccc(=S)[nH]c2=O)[C@@H](O)C1O. The van der Waals surface area contributed by atoms with Crippen molar-refractivity contribution in [3.8, 4) is 0 Å². The second-order valence-electron chi connectivity index (χ2n) is 5.86. The number of phosphoric ester groups is 1. The molecule has 0 radical (unpaired) electrons. The predicted octanol–water partition coefficient (Wildman–Crippen LogP) is -0.494. The monoisotopic (exact) mass is 541 g/mol. The predicted molar refractivity (Wildman–Crippen MR) is 99.7 cm³/mol. The first-order valence-electron chi connectivity index (χ1n) is 7.71. The third-order valence-corrected chi connectivity index (χ3v) is 7.61. The maximum absolute atomic E-state index is 12.0. The molecule has 0 spiro atoms. The van der Waals surface area contributed by atoms with Gasteiger partial charge in [0.05, 0.1) is 6.61 Å². The molecule has 1 aliphatic heterocycles. The number of phosphoric acid groups is 3. The molecule has 1 aliphatic rings. The lowest BCUT2D eigenvalue weighted by atomic mass is 10.1. The number of aliphatic hydroxyl groups is 2. The summed E-state index contributed by atoms with van der Waals surface area (Å²) in [6.45, 7) is -1.42. The number of rotatable bonds is 9. The first-order valence-corrected chi connectivity index (χ1v) is 12.6. The largest absolute Gasteiger partial charge is 0.490 e. The van der Waals surface area contributed by atoms with E-state index in [2.05, 4.69) is 28.2 Å². The molecule has 180 valence electrons. The number of hydrogen-bond acceptors (Lipinski definition) is 12. The molecule has 0 aromatic carbocycles. The maximum Gasteiger partial charge on any atom is 0.490 e. The second-order valence-corrected chi connectivity index (χ2v) is 10.7. The van der Waals surface area contributed by atoms with Crippen molar-refractivity contribution < 1.29 is 61.4 Å². The van der Waals surface area contributed by atoms with E-state index in [-0.39, 0.29) is 4.64 Å². The van der Waals surface area contributed by atoms with Gasteiger partial charge in [0.2, 0.25) is 5.72 Å². The van der Waals surface area contributed by atoms with Crippen LogP contribution in [0.5, 0.6) is 0 Å². The summed E-state index contributed by atoms with van der Waals surface area (Å²) in [4.78, 5) is 52.2. The molecule has 1 aromatic heterocycles. The van der Waals surface area contributed by atoms with Gasteiger partial charge in [-0.2, -0.15) is 8.62 Å². The standard InChI is InChI=1S/C9H14N5O14P3S/c10-13-12-9(3-25-30(21,22)28-31(23,24)27-29(18,19)20)6(16)5(15)7(26-9)14-2-1-4(32)11-8(14)17/h1-2,5-7,15-16H,3H2,(H,21,22)(H,23,24)(H,11,17,32)(H2,18,19,20)/t5-,6?,7+,9+/m0/s1. The molecule has 6 atom stereocenters. The maximum atomic E-state index is 12.0. The lowest BCUT2D eigenvalue weighted by Crippen LogP contribution is -2.44. The zero-order chi connectivity index (χ0) is 24.5. The third kappa shape index (κ3) is 6.61. The fourth-order valence-corrected chi connectivity index (χ4v) is 5.60. The minimum Gasteiger partial charge on any atom is -0.387 e. The van der Waals surface area contributed by atoms with Crippen LogP contribution in [0.1, 0.15) is 6.23 Å². The second kappa shape index (κ2) is 9.52. The van der Waals surface area contributed by atoms with Gasteiger partial charge in [0.15, 0.2) is 6.23 Å². The average molecular weight is 541 g/mol. The summed E-state index contributed by atoms with van der Waals surface area (Å²) in [6, 6.07) is 1.21. The van der Waals surface area contributed by atoms with Gasteiger partial charge >= 0.3 is 29.2 Å². The lowest BCUT2D eigenvalue weighted by Gasteiger charge is -2.27. The number of aliphatic hydroxyl groups excluding tert-OH is 2. The van der Waals surface area contributed by atoms with Crippen LogP contribution >= 0.6 is 35.7 Å². The van der Waals surface area contributed by atoms with Gasteiger partial charge in [-0.15, -0.1) is 0 Å². The number of H-pyrrole nitrogens is 1. The Hall–Kier alpha value is -1.30. The van der Waals surface area contributed by atoms with Crippen LogP contribution in [0.25, 0.3) is 10.4 Å². The van der Waals surface area contributed by atoms with Crippen LogP contribution in [0, 0.1) is 4.64 Å². The molecule has 2 heterocycles. The summed E-state index contributed by atoms with van der Waals surface area (Å²) in [5.41, 5.74) is 5.17. The van der Waals surface area contributed by atoms with E-state index in [4.69, 9.17) is 37.2 Å². The minimum absolute atomic E-state index is 0.00764. The number of aromatic nitrogens is 2. The Bertz CT molecular complexity index is 1170. The van der Waals surface area contributed by atoms with Gasteiger partial charge in [0, 0.05) is 11.1 Å². The summed E-state index contributed by atoms with van der Waals surface area (Å²) < 4.78 is 51.2. The topological polar surface area (TPSA) is 296 Å². The number of aromatic amines is 1. The van der Waals surface area contributed by atoms with Crippen molar-refractivity contribution >= 4 is 35.7 Å². The molecule has 2 rings (SSSR count). The van der Waals surface area contributed by atoms with Crippen molar-refractivity contribution in [1.29, 1.82) is 0 Å². The van der Waals surface area contributed by atoms with Gasteiger partial charge in [0.1, 0.15) is 16.8 Å². The molecular weight excluding hydrogens is 527 g/mol. The quantitative estimate of drug-likeness (QED) is 0.0682. The molecule has 0 bridgehead atoms. The highest BCUT2D eigenvalue weighted by Crippen LogP contribution is 2.66. The van der Waals surface area contributed by atoms with Crippen LogP contribution in [0.3, 0.4) is 0 Å². The third-order valence-electron chi connectivity index (χ3n) is 3.59. The fourth-order valence-electron chi connectivity index (χ4n) is 2.40. The molecule has 1 fully saturated rings. The van der Waals surface area contributed by atoms with Gasteiger partial charge in [-0.3, -0.25) is 14.1 Å². The lowest BCUT2D eigenvalue weighted by molar-refractivity contribution is -0.123. The highest BCUT2D eigenvalue weighted by Gasteiger charge is 2.56. The molecule has 1 aromatic rings. The van der Waals surface area contributed by atoms with Crippen LogP contribution in [-0.2, 0) is 31.6 Å². The molecule has 7 N–H and O–H groups in total. The average Bonchev–Trinajstić information content (AvgIpc) is 2.83. The number of azide groups is 1. The zero-order valence-electron chi connectivity index (χ0n) is 15.1. The van der Waals surface area contributed by atoms with E-state index in [1.807, 2.05) is 0 Å². The highest BCUT2D eigenvalue weighted by atomic mass is 32.1. The molecule has 0 aliphatic carbocycles. The van der Waals surface area contributed by atoms with E-state index in [1.54, 1.807) is 0 Å². The summed E-state index contributed by atoms with van der Waals surface area (Å²) in [5, 5.41) is 23.6. The molecule has 32 heavy (non-hydrogen) atoms. The Labute approximate surface area is 180 Å². The van der Waals surface area contributed by atoms with Gasteiger partial charge in [0.25, 0.3) is 0 Å². The van der Waals surface area contributed by atoms with Gasteiger partial charge < -0.3 is 34.5 Å². The van der Waals surface area contributed by atoms with Crippen molar-refractivity contribution in [2.45, 2.75) is 24.2 Å². The highest BCUT2D eigenvalue weighted by molar-refractivity contribution is 7.71. The summed E-state index contributed by atoms with van der Waals surface area (Å²) in [6.07, 6.45) is -4.85. The number of nitrogens with zero attached hydrogens (tertiary/aromatic N) is 4. The van der Waals surface area contributed by atoms with E-state index in [1.165, 1.54) is 6.07 Å². The first kappa shape index (κ1) is 26.9. The Morgan fingerprint density at radius 2 is 1.88 bits per heavy atom. The summed E-state index contributed by atoms with van der Waals surface area (Å²) in [5.74, 6) is 0. The van der Waals surface area contributed by atoms with Gasteiger partial charge in [-0.25, -0.2) is 18.5 Å². The zero-order valence-corrected chi connectivity index (χ0v) is 18.6. The number of hydrogen-bond donors (Lipinski definition) is 7. The van der Waals surface area contributed by atoms with Crippen molar-refractivity contribution in [2.75, 3.05) is 6.61 Å². The molecule has 0 saturated carbocycles. The molecule has 0 amide bonds. The van der Waals surface area contributed by atoms with Crippen molar-refractivity contribution in [3.63, 3.8) is 0 Å². The molecule has 3 unspecified atom stereocenters. The van der Waals surface area contributed by atoms with E-state index in [9.17, 15) is 33.6 Å². The molecule has 23 heteroatoms. The Morgan fingerprint density at radius 3 is 2.41 bits per heavy atom.